The fourth-order valence-corrected chi connectivity index (χ4v) is 2.16. The molecule has 5 nitrogen and oxygen atoms in total. The second kappa shape index (κ2) is 5.98. The Bertz CT molecular complexity index is 643. The minimum atomic E-state index is -0.828. The molecule has 5 heteroatoms. The van der Waals surface area contributed by atoms with E-state index in [1.165, 1.54) is 7.11 Å². The lowest BCUT2D eigenvalue weighted by Crippen LogP contribution is -2.40. The summed E-state index contributed by atoms with van der Waals surface area (Å²) in [5, 5.41) is 13.1. The van der Waals surface area contributed by atoms with Crippen molar-refractivity contribution < 1.29 is 9.84 Å². The summed E-state index contributed by atoms with van der Waals surface area (Å²) in [5.74, 6) is 0. The van der Waals surface area contributed by atoms with Crippen LogP contribution >= 0.6 is 0 Å². The van der Waals surface area contributed by atoms with Gasteiger partial charge in [0.05, 0.1) is 18.3 Å². The van der Waals surface area contributed by atoms with Crippen LogP contribution in [0.25, 0.3) is 0 Å². The Kier molecular flexibility index (Phi) is 4.32. The number of benzene rings is 1. The summed E-state index contributed by atoms with van der Waals surface area (Å²) in [4.78, 5) is 22.8. The van der Waals surface area contributed by atoms with Gasteiger partial charge in [-0.1, -0.05) is 30.3 Å². The highest BCUT2D eigenvalue weighted by atomic mass is 16.5. The predicted molar refractivity (Wildman–Crippen MR) is 76.8 cm³/mol. The Morgan fingerprint density at radius 1 is 1.20 bits per heavy atom. The molecule has 0 aliphatic carbocycles. The molecule has 0 fully saturated rings. The lowest BCUT2D eigenvalue weighted by Gasteiger charge is -2.26. The first-order valence-corrected chi connectivity index (χ1v) is 6.34. The molecule has 0 bridgehead atoms. The molecule has 0 amide bonds. The summed E-state index contributed by atoms with van der Waals surface area (Å²) in [5.41, 5.74) is 0.498. The fraction of sp³-hybridized carbons (Fsp3) is 0.333. The molecule has 0 aliphatic heterocycles. The van der Waals surface area contributed by atoms with Crippen molar-refractivity contribution >= 4 is 5.69 Å². The summed E-state index contributed by atoms with van der Waals surface area (Å²) >= 11 is 0. The third kappa shape index (κ3) is 2.64. The Balaban J connectivity index is 2.29. The minimum absolute atomic E-state index is 0.126. The molecule has 0 saturated carbocycles. The minimum Gasteiger partial charge on any atom is -0.388 e. The average molecular weight is 275 g/mol. The number of nitrogens with one attached hydrogen (secondary N) is 1. The zero-order chi connectivity index (χ0) is 14.7. The molecule has 106 valence electrons. The number of anilines is 1. The molecule has 2 N–H and O–H groups in total. The maximum atomic E-state index is 11.5. The van der Waals surface area contributed by atoms with Gasteiger partial charge in [0.25, 0.3) is 0 Å². The Labute approximate surface area is 116 Å². The van der Waals surface area contributed by atoms with Gasteiger partial charge in [0, 0.05) is 12.7 Å². The van der Waals surface area contributed by atoms with Crippen molar-refractivity contribution in [3.8, 4) is 0 Å². The first-order valence-electron chi connectivity index (χ1n) is 6.34. The van der Waals surface area contributed by atoms with Crippen molar-refractivity contribution in [3.05, 3.63) is 61.9 Å². The van der Waals surface area contributed by atoms with Crippen LogP contribution in [-0.4, -0.2) is 24.9 Å². The van der Waals surface area contributed by atoms with Crippen molar-refractivity contribution in [2.24, 2.45) is 0 Å². The monoisotopic (exact) mass is 275 g/mol. The number of hydrogen-bond donors (Lipinski definition) is 2. The standard InChI is InChI=1S/C15H17NO4/c1-9-12(15(19)14(9)18)16-13(11(17)8-20-2)10-6-4-3-5-7-10/h3-7,11,13,16-17H,8H2,1-2H3/t11-,13+/m0/s1. The van der Waals surface area contributed by atoms with E-state index >= 15 is 0 Å². The van der Waals surface area contributed by atoms with Crippen LogP contribution in [0.5, 0.6) is 0 Å². The molecular weight excluding hydrogens is 258 g/mol. The van der Waals surface area contributed by atoms with E-state index in [0.717, 1.165) is 5.56 Å². The van der Waals surface area contributed by atoms with E-state index in [9.17, 15) is 14.7 Å². The maximum Gasteiger partial charge on any atom is 0.249 e. The third-order valence-corrected chi connectivity index (χ3v) is 3.33. The lowest BCUT2D eigenvalue weighted by atomic mass is 9.99. The SMILES string of the molecule is COC[C@H](O)[C@H](Nc1c(C)c(=O)c1=O)c1ccccc1. The van der Waals surface area contributed by atoms with E-state index in [1.54, 1.807) is 6.92 Å². The van der Waals surface area contributed by atoms with Crippen molar-refractivity contribution in [3.63, 3.8) is 0 Å². The molecule has 0 heterocycles. The topological polar surface area (TPSA) is 75.6 Å². The summed E-state index contributed by atoms with van der Waals surface area (Å²) in [7, 11) is 1.49. The van der Waals surface area contributed by atoms with Gasteiger partial charge in [-0.05, 0) is 12.5 Å². The van der Waals surface area contributed by atoms with E-state index < -0.39 is 23.0 Å². The first-order chi connectivity index (χ1) is 9.56. The van der Waals surface area contributed by atoms with Crippen LogP contribution in [0.3, 0.4) is 0 Å². The second-order valence-corrected chi connectivity index (χ2v) is 4.71. The molecule has 20 heavy (non-hydrogen) atoms. The van der Waals surface area contributed by atoms with Gasteiger partial charge in [-0.2, -0.15) is 0 Å². The van der Waals surface area contributed by atoms with Crippen LogP contribution in [0.15, 0.2) is 39.9 Å². The highest BCUT2D eigenvalue weighted by Gasteiger charge is 2.25. The van der Waals surface area contributed by atoms with Gasteiger partial charge < -0.3 is 15.2 Å². The van der Waals surface area contributed by atoms with E-state index in [0.29, 0.717) is 5.56 Å². The van der Waals surface area contributed by atoms with Gasteiger partial charge >= 0.3 is 0 Å². The number of methoxy groups -OCH3 is 1. The Morgan fingerprint density at radius 2 is 1.85 bits per heavy atom. The quantitative estimate of drug-likeness (QED) is 0.761. The molecule has 0 unspecified atom stereocenters. The van der Waals surface area contributed by atoms with Crippen molar-refractivity contribution in [1.82, 2.24) is 0 Å². The van der Waals surface area contributed by atoms with Crippen LogP contribution in [0.1, 0.15) is 17.2 Å². The number of hydrogen-bond acceptors (Lipinski definition) is 5. The largest absolute Gasteiger partial charge is 0.388 e. The van der Waals surface area contributed by atoms with E-state index in [2.05, 4.69) is 5.32 Å². The van der Waals surface area contributed by atoms with Gasteiger partial charge in [0.2, 0.25) is 10.9 Å². The average Bonchev–Trinajstić information content (AvgIpc) is 2.48. The van der Waals surface area contributed by atoms with Crippen LogP contribution < -0.4 is 16.2 Å². The molecule has 2 rings (SSSR count). The molecule has 0 radical (unpaired) electrons. The smallest absolute Gasteiger partial charge is 0.249 e. The van der Waals surface area contributed by atoms with Crippen LogP contribution in [0.2, 0.25) is 0 Å². The van der Waals surface area contributed by atoms with Crippen LogP contribution in [-0.2, 0) is 4.74 Å². The van der Waals surface area contributed by atoms with Crippen molar-refractivity contribution in [2.45, 2.75) is 19.1 Å². The lowest BCUT2D eigenvalue weighted by molar-refractivity contribution is 0.0520. The molecule has 2 aromatic carbocycles. The van der Waals surface area contributed by atoms with Crippen molar-refractivity contribution in [1.29, 1.82) is 0 Å². The number of ether oxygens (including phenoxy) is 1. The van der Waals surface area contributed by atoms with Gasteiger partial charge in [-0.25, -0.2) is 0 Å². The van der Waals surface area contributed by atoms with Gasteiger partial charge in [-0.15, -0.1) is 0 Å². The molecule has 0 aromatic heterocycles. The highest BCUT2D eigenvalue weighted by molar-refractivity contribution is 5.57. The maximum absolute atomic E-state index is 11.5. The van der Waals surface area contributed by atoms with Gasteiger partial charge in [0.1, 0.15) is 6.10 Å². The Morgan fingerprint density at radius 3 is 2.40 bits per heavy atom. The normalized spacial score (nSPS) is 14.2. The van der Waals surface area contributed by atoms with E-state index in [4.69, 9.17) is 4.74 Å². The molecule has 0 aliphatic rings. The summed E-state index contributed by atoms with van der Waals surface area (Å²) < 4.78 is 4.96. The zero-order valence-corrected chi connectivity index (χ0v) is 11.4. The second-order valence-electron chi connectivity index (χ2n) is 4.71. The molecule has 0 spiro atoms. The number of aliphatic hydroxyl groups is 1. The number of rotatable bonds is 6. The Hall–Kier alpha value is -1.98. The first kappa shape index (κ1) is 14.4. The van der Waals surface area contributed by atoms with E-state index in [1.807, 2.05) is 30.3 Å². The van der Waals surface area contributed by atoms with Crippen molar-refractivity contribution in [2.75, 3.05) is 19.0 Å². The third-order valence-electron chi connectivity index (χ3n) is 3.33. The van der Waals surface area contributed by atoms with Crippen LogP contribution in [0.4, 0.5) is 5.69 Å². The molecule has 0 saturated heterocycles. The number of aliphatic hydroxyl groups excluding tert-OH is 1. The fourth-order valence-electron chi connectivity index (χ4n) is 2.16. The van der Waals surface area contributed by atoms with E-state index in [-0.39, 0.29) is 12.3 Å². The summed E-state index contributed by atoms with van der Waals surface area (Å²) in [6.07, 6.45) is -0.828. The summed E-state index contributed by atoms with van der Waals surface area (Å²) in [6, 6.07) is 8.75. The van der Waals surface area contributed by atoms with Crippen LogP contribution in [0, 0.1) is 6.92 Å². The predicted octanol–water partition coefficient (Wildman–Crippen LogP) is 0.752. The summed E-state index contributed by atoms with van der Waals surface area (Å²) in [6.45, 7) is 1.72. The molecule has 2 aromatic rings. The highest BCUT2D eigenvalue weighted by Crippen LogP contribution is 2.23. The van der Waals surface area contributed by atoms with Gasteiger partial charge in [0.15, 0.2) is 0 Å². The molecular formula is C15H17NO4. The molecule has 2 atom stereocenters. The van der Waals surface area contributed by atoms with Gasteiger partial charge in [-0.3, -0.25) is 9.59 Å². The zero-order valence-electron chi connectivity index (χ0n) is 11.4.